The van der Waals surface area contributed by atoms with Crippen LogP contribution in [0.25, 0.3) is 10.8 Å². The summed E-state index contributed by atoms with van der Waals surface area (Å²) in [5, 5.41) is 11.1. The number of benzene rings is 2. The van der Waals surface area contributed by atoms with Gasteiger partial charge in [-0.15, -0.1) is 12.4 Å². The van der Waals surface area contributed by atoms with E-state index >= 15 is 0 Å². The molecule has 0 aliphatic carbocycles. The van der Waals surface area contributed by atoms with E-state index in [0.29, 0.717) is 0 Å². The molecule has 0 spiro atoms. The Morgan fingerprint density at radius 1 is 1.16 bits per heavy atom. The molecule has 3 N–H and O–H groups in total. The third kappa shape index (κ3) is 3.38. The minimum atomic E-state index is -0.0482. The average molecular weight is 282 g/mol. The van der Waals surface area contributed by atoms with Crippen LogP contribution in [0.4, 0.5) is 0 Å². The molecule has 1 atom stereocenters. The maximum atomic E-state index is 8.88. The van der Waals surface area contributed by atoms with Crippen molar-refractivity contribution in [3.63, 3.8) is 0 Å². The second-order valence-corrected chi connectivity index (χ2v) is 4.37. The molecule has 0 radical (unpaired) electrons. The molecule has 0 saturated heterocycles. The van der Waals surface area contributed by atoms with Crippen LogP contribution in [0.1, 0.15) is 24.4 Å². The summed E-state index contributed by atoms with van der Waals surface area (Å²) in [6, 6.07) is 12.0. The zero-order valence-corrected chi connectivity index (χ0v) is 11.8. The predicted octanol–water partition coefficient (Wildman–Crippen LogP) is 3.04. The molecule has 2 rings (SSSR count). The smallest absolute Gasteiger partial charge is 0.126 e. The average Bonchev–Trinajstić information content (AvgIpc) is 2.43. The summed E-state index contributed by atoms with van der Waals surface area (Å²) in [7, 11) is 1.67. The Morgan fingerprint density at radius 2 is 1.84 bits per heavy atom. The number of nitrogens with two attached hydrogens (primary N) is 1. The number of halogens is 1. The molecule has 3 nitrogen and oxygen atoms in total. The van der Waals surface area contributed by atoms with E-state index in [1.54, 1.807) is 7.11 Å². The number of aliphatic hydroxyl groups is 1. The van der Waals surface area contributed by atoms with Crippen LogP contribution in [-0.2, 0) is 0 Å². The van der Waals surface area contributed by atoms with Crippen LogP contribution in [0.2, 0.25) is 0 Å². The summed E-state index contributed by atoms with van der Waals surface area (Å²) in [5.74, 6) is 0.865. The number of hydrogen-bond acceptors (Lipinski definition) is 3. The van der Waals surface area contributed by atoms with Crippen molar-refractivity contribution in [3.8, 4) is 5.75 Å². The second kappa shape index (κ2) is 7.34. The highest BCUT2D eigenvalue weighted by Gasteiger charge is 2.11. The van der Waals surface area contributed by atoms with Crippen molar-refractivity contribution in [2.75, 3.05) is 13.7 Å². The van der Waals surface area contributed by atoms with Crippen LogP contribution in [0.5, 0.6) is 5.75 Å². The molecular formula is C15H20ClNO2. The highest BCUT2D eigenvalue weighted by atomic mass is 35.5. The van der Waals surface area contributed by atoms with Gasteiger partial charge in [-0.05, 0) is 29.9 Å². The molecule has 0 amide bonds. The Morgan fingerprint density at radius 3 is 2.47 bits per heavy atom. The molecule has 4 heteroatoms. The van der Waals surface area contributed by atoms with Gasteiger partial charge < -0.3 is 15.6 Å². The molecule has 0 heterocycles. The Hall–Kier alpha value is -1.29. The van der Waals surface area contributed by atoms with Gasteiger partial charge >= 0.3 is 0 Å². The first-order chi connectivity index (χ1) is 8.77. The molecule has 0 bridgehead atoms. The van der Waals surface area contributed by atoms with Gasteiger partial charge in [0.15, 0.2) is 0 Å². The van der Waals surface area contributed by atoms with Crippen molar-refractivity contribution in [2.24, 2.45) is 5.73 Å². The zero-order chi connectivity index (χ0) is 13.0. The summed E-state index contributed by atoms with van der Waals surface area (Å²) in [6.45, 7) is 0.182. The van der Waals surface area contributed by atoms with E-state index in [0.717, 1.165) is 34.9 Å². The molecule has 19 heavy (non-hydrogen) atoms. The monoisotopic (exact) mass is 281 g/mol. The normalized spacial score (nSPS) is 11.9. The number of aliphatic hydroxyl groups excluding tert-OH is 1. The van der Waals surface area contributed by atoms with Gasteiger partial charge in [-0.3, -0.25) is 0 Å². The molecule has 0 fully saturated rings. The molecule has 104 valence electrons. The Balaban J connectivity index is 0.00000180. The summed E-state index contributed by atoms with van der Waals surface area (Å²) < 4.78 is 5.36. The van der Waals surface area contributed by atoms with E-state index < -0.39 is 0 Å². The van der Waals surface area contributed by atoms with Crippen LogP contribution in [0, 0.1) is 0 Å². The van der Waals surface area contributed by atoms with Crippen molar-refractivity contribution in [3.05, 3.63) is 42.0 Å². The van der Waals surface area contributed by atoms with Gasteiger partial charge in [0.2, 0.25) is 0 Å². The number of fused-ring (bicyclic) bond motifs is 1. The van der Waals surface area contributed by atoms with Gasteiger partial charge in [-0.1, -0.05) is 30.3 Å². The van der Waals surface area contributed by atoms with Gasteiger partial charge in [0.25, 0.3) is 0 Å². The maximum Gasteiger partial charge on any atom is 0.126 e. The number of hydrogen-bond donors (Lipinski definition) is 2. The van der Waals surface area contributed by atoms with Crippen LogP contribution < -0.4 is 10.5 Å². The first kappa shape index (κ1) is 15.8. The van der Waals surface area contributed by atoms with Gasteiger partial charge in [0.05, 0.1) is 7.11 Å². The maximum absolute atomic E-state index is 8.88. The minimum Gasteiger partial charge on any atom is -0.496 e. The number of rotatable bonds is 5. The van der Waals surface area contributed by atoms with Crippen LogP contribution >= 0.6 is 12.4 Å². The summed E-state index contributed by atoms with van der Waals surface area (Å²) in [4.78, 5) is 0. The molecule has 0 aromatic heterocycles. The molecular weight excluding hydrogens is 262 g/mol. The van der Waals surface area contributed by atoms with Gasteiger partial charge in [0, 0.05) is 18.0 Å². The summed E-state index contributed by atoms with van der Waals surface area (Å²) in [6.07, 6.45) is 1.51. The fourth-order valence-corrected chi connectivity index (χ4v) is 2.26. The lowest BCUT2D eigenvalue weighted by Crippen LogP contribution is -2.11. The highest BCUT2D eigenvalue weighted by Crippen LogP contribution is 2.31. The van der Waals surface area contributed by atoms with E-state index in [9.17, 15) is 0 Å². The fraction of sp³-hybridized carbons (Fsp3) is 0.333. The van der Waals surface area contributed by atoms with Crippen LogP contribution in [0.3, 0.4) is 0 Å². The summed E-state index contributed by atoms with van der Waals surface area (Å²) in [5.41, 5.74) is 7.30. The zero-order valence-electron chi connectivity index (χ0n) is 11.0. The van der Waals surface area contributed by atoms with Crippen molar-refractivity contribution in [1.82, 2.24) is 0 Å². The first-order valence-electron chi connectivity index (χ1n) is 6.20. The van der Waals surface area contributed by atoms with Crippen LogP contribution in [-0.4, -0.2) is 18.8 Å². The first-order valence-corrected chi connectivity index (χ1v) is 6.20. The molecule has 2 aromatic rings. The van der Waals surface area contributed by atoms with Gasteiger partial charge in [-0.2, -0.15) is 0 Å². The van der Waals surface area contributed by atoms with Gasteiger partial charge in [0.1, 0.15) is 5.75 Å². The lowest BCUT2D eigenvalue weighted by Gasteiger charge is -2.16. The van der Waals surface area contributed by atoms with E-state index in [4.69, 9.17) is 15.6 Å². The SMILES string of the molecule is COc1ccc([C@@H](N)CCCO)c2ccccc12.Cl. The van der Waals surface area contributed by atoms with Crippen molar-refractivity contribution >= 4 is 23.2 Å². The summed E-state index contributed by atoms with van der Waals surface area (Å²) >= 11 is 0. The third-order valence-electron chi connectivity index (χ3n) is 3.21. The van der Waals surface area contributed by atoms with Crippen molar-refractivity contribution < 1.29 is 9.84 Å². The quantitative estimate of drug-likeness (QED) is 0.886. The molecule has 0 aliphatic heterocycles. The highest BCUT2D eigenvalue weighted by molar-refractivity contribution is 5.91. The Kier molecular flexibility index (Phi) is 6.09. The van der Waals surface area contributed by atoms with E-state index in [2.05, 4.69) is 6.07 Å². The predicted molar refractivity (Wildman–Crippen MR) is 81.0 cm³/mol. The molecule has 0 saturated carbocycles. The van der Waals surface area contributed by atoms with Gasteiger partial charge in [-0.25, -0.2) is 0 Å². The Labute approximate surface area is 119 Å². The second-order valence-electron chi connectivity index (χ2n) is 4.37. The fourth-order valence-electron chi connectivity index (χ4n) is 2.26. The van der Waals surface area contributed by atoms with E-state index in [1.165, 1.54) is 0 Å². The molecule has 0 aliphatic rings. The van der Waals surface area contributed by atoms with Crippen molar-refractivity contribution in [2.45, 2.75) is 18.9 Å². The van der Waals surface area contributed by atoms with E-state index in [1.807, 2.05) is 30.3 Å². The molecule has 0 unspecified atom stereocenters. The lowest BCUT2D eigenvalue weighted by atomic mass is 9.96. The largest absolute Gasteiger partial charge is 0.496 e. The molecule has 2 aromatic carbocycles. The topological polar surface area (TPSA) is 55.5 Å². The van der Waals surface area contributed by atoms with Crippen LogP contribution in [0.15, 0.2) is 36.4 Å². The van der Waals surface area contributed by atoms with Crippen molar-refractivity contribution in [1.29, 1.82) is 0 Å². The number of ether oxygens (including phenoxy) is 1. The van der Waals surface area contributed by atoms with E-state index in [-0.39, 0.29) is 25.1 Å². The minimum absolute atomic E-state index is 0. The lowest BCUT2D eigenvalue weighted by molar-refractivity contribution is 0.280. The third-order valence-corrected chi connectivity index (χ3v) is 3.21. The Bertz CT molecular complexity index is 531. The number of methoxy groups -OCH3 is 1. The standard InChI is InChI=1S/C15H19NO2.ClH/c1-18-15-9-8-12(14(16)7-4-10-17)11-5-2-3-6-13(11)15;/h2-3,5-6,8-9,14,17H,4,7,10,16H2,1H3;1H/t14-;/m0./s1.